The van der Waals surface area contributed by atoms with E-state index in [4.69, 9.17) is 14.2 Å². The number of sulfonamides is 1. The van der Waals surface area contributed by atoms with Crippen LogP contribution in [0.15, 0.2) is 42.6 Å². The van der Waals surface area contributed by atoms with Gasteiger partial charge in [0.2, 0.25) is 27.7 Å². The number of thioether (sulfide) groups is 1. The molecule has 2 aromatic rings. The number of nitrogens with one attached hydrogen (secondary N) is 3. The second-order valence-corrected chi connectivity index (χ2v) is 17.6. The Morgan fingerprint density at radius 2 is 1.94 bits per heavy atom. The fourth-order valence-electron chi connectivity index (χ4n) is 6.44. The van der Waals surface area contributed by atoms with E-state index in [0.29, 0.717) is 42.0 Å². The van der Waals surface area contributed by atoms with Gasteiger partial charge in [-0.1, -0.05) is 12.2 Å². The molecule has 6 rings (SSSR count). The van der Waals surface area contributed by atoms with E-state index < -0.39 is 74.3 Å². The van der Waals surface area contributed by atoms with Crippen LogP contribution in [-0.4, -0.2) is 102 Å². The molecule has 51 heavy (non-hydrogen) atoms. The van der Waals surface area contributed by atoms with Gasteiger partial charge in [-0.05, 0) is 88.3 Å². The number of methoxy groups -OCH3 is 1. The van der Waals surface area contributed by atoms with Gasteiger partial charge < -0.3 is 29.7 Å². The number of aromatic nitrogens is 1. The molecule has 3 heterocycles. The van der Waals surface area contributed by atoms with E-state index in [1.54, 1.807) is 40.1 Å². The minimum Gasteiger partial charge on any atom is -0.497 e. The molecule has 16 heteroatoms. The standard InChI is InChI=1S/C35H45N5O9S2/c1-34(2,3)49-33(44)37-27-20-50-15-7-5-6-8-22-18-35(22,32(43)39-51(45,46)25-10-11-25)38-29(41)28-17-24(19-40(28)31(27)42)48-30-26-12-9-23(47-4)16-21(26)13-14-36-30/h6,8-9,12-14,16,22,24-25,27-28H,5,7,10-11,15,17-20H2,1-4H3,(H,37,44)(H,38,41)(H,39,43)/b8-6-/t22-,24?,27+,28+,35-/m1/s1. The number of ether oxygens (including phenoxy) is 3. The first-order valence-corrected chi connectivity index (χ1v) is 19.9. The number of fused-ring (bicyclic) bond motifs is 3. The zero-order chi connectivity index (χ0) is 36.6. The zero-order valence-corrected chi connectivity index (χ0v) is 30.8. The normalized spacial score (nSPS) is 27.9. The van der Waals surface area contributed by atoms with Crippen molar-refractivity contribution in [3.63, 3.8) is 0 Å². The van der Waals surface area contributed by atoms with E-state index in [-0.39, 0.29) is 25.1 Å². The maximum atomic E-state index is 14.4. The maximum absolute atomic E-state index is 14.4. The van der Waals surface area contributed by atoms with Crippen LogP contribution in [0.3, 0.4) is 0 Å². The third-order valence-corrected chi connectivity index (χ3v) is 12.3. The number of carbonyl (C=O) groups excluding carboxylic acids is 4. The van der Waals surface area contributed by atoms with E-state index in [2.05, 4.69) is 20.3 Å². The van der Waals surface area contributed by atoms with Gasteiger partial charge >= 0.3 is 6.09 Å². The molecule has 2 aliphatic heterocycles. The fraction of sp³-hybridized carbons (Fsp3) is 0.571. The summed E-state index contributed by atoms with van der Waals surface area (Å²) in [6, 6.07) is 5.13. The summed E-state index contributed by atoms with van der Waals surface area (Å²) in [5.74, 6) is -0.466. The molecule has 3 fully saturated rings. The first kappa shape index (κ1) is 36.7. The van der Waals surface area contributed by atoms with Crippen LogP contribution in [-0.2, 0) is 29.1 Å². The minimum atomic E-state index is -3.88. The van der Waals surface area contributed by atoms with Crippen LogP contribution in [0, 0.1) is 5.92 Å². The van der Waals surface area contributed by atoms with Crippen LogP contribution in [0.1, 0.15) is 59.3 Å². The van der Waals surface area contributed by atoms with Crippen LogP contribution in [0.4, 0.5) is 4.79 Å². The Bertz CT molecular complexity index is 1830. The van der Waals surface area contributed by atoms with Crippen LogP contribution in [0.5, 0.6) is 11.6 Å². The molecule has 1 aromatic heterocycles. The summed E-state index contributed by atoms with van der Waals surface area (Å²) in [4.78, 5) is 61.0. The first-order chi connectivity index (χ1) is 24.2. The predicted molar refractivity (Wildman–Crippen MR) is 191 cm³/mol. The monoisotopic (exact) mass is 743 g/mol. The molecule has 3 N–H and O–H groups in total. The average molecular weight is 744 g/mol. The van der Waals surface area contributed by atoms with Gasteiger partial charge in [-0.25, -0.2) is 18.2 Å². The highest BCUT2D eigenvalue weighted by molar-refractivity contribution is 7.99. The van der Waals surface area contributed by atoms with Crippen molar-refractivity contribution in [2.45, 2.75) is 93.9 Å². The van der Waals surface area contributed by atoms with Gasteiger partial charge in [0.05, 0.1) is 18.9 Å². The quantitative estimate of drug-likeness (QED) is 0.355. The molecule has 5 atom stereocenters. The van der Waals surface area contributed by atoms with E-state index in [1.807, 2.05) is 30.4 Å². The van der Waals surface area contributed by atoms with E-state index >= 15 is 0 Å². The van der Waals surface area contributed by atoms with Crippen LogP contribution < -0.4 is 24.8 Å². The second-order valence-electron chi connectivity index (χ2n) is 14.5. The second kappa shape index (κ2) is 14.5. The van der Waals surface area contributed by atoms with Crippen LogP contribution >= 0.6 is 11.8 Å². The molecule has 1 unspecified atom stereocenters. The Balaban J connectivity index is 1.30. The number of allylic oxidation sites excluding steroid dienone is 1. The highest BCUT2D eigenvalue weighted by atomic mass is 32.2. The summed E-state index contributed by atoms with van der Waals surface area (Å²) >= 11 is 1.50. The topological polar surface area (TPSA) is 182 Å². The molecule has 4 amide bonds. The van der Waals surface area contributed by atoms with E-state index in [0.717, 1.165) is 11.8 Å². The first-order valence-electron chi connectivity index (χ1n) is 17.2. The largest absolute Gasteiger partial charge is 0.497 e. The minimum absolute atomic E-state index is 0.0130. The summed E-state index contributed by atoms with van der Waals surface area (Å²) < 4.78 is 45.0. The molecule has 0 radical (unpaired) electrons. The van der Waals surface area contributed by atoms with Crippen molar-refractivity contribution in [3.8, 4) is 11.6 Å². The Hall–Kier alpha value is -4.05. The van der Waals surface area contributed by atoms with Crippen molar-refractivity contribution in [1.29, 1.82) is 0 Å². The number of carbonyl (C=O) groups is 4. The summed E-state index contributed by atoms with van der Waals surface area (Å²) in [6.07, 6.45) is 6.58. The molecule has 14 nitrogen and oxygen atoms in total. The summed E-state index contributed by atoms with van der Waals surface area (Å²) in [5, 5.41) is 6.48. The lowest BCUT2D eigenvalue weighted by molar-refractivity contribution is -0.140. The lowest BCUT2D eigenvalue weighted by atomic mass is 10.1. The third-order valence-electron chi connectivity index (χ3n) is 9.33. The van der Waals surface area contributed by atoms with Gasteiger partial charge in [0.25, 0.3) is 5.91 Å². The number of alkyl carbamates (subject to hydrolysis) is 1. The van der Waals surface area contributed by atoms with Crippen molar-refractivity contribution in [2.75, 3.05) is 25.2 Å². The smallest absolute Gasteiger partial charge is 0.408 e. The highest BCUT2D eigenvalue weighted by Gasteiger charge is 2.62. The Kier molecular flexibility index (Phi) is 10.5. The Morgan fingerprint density at radius 1 is 1.16 bits per heavy atom. The molecule has 4 aliphatic rings. The highest BCUT2D eigenvalue weighted by Crippen LogP contribution is 2.46. The lowest BCUT2D eigenvalue weighted by Crippen LogP contribution is -2.58. The summed E-state index contributed by atoms with van der Waals surface area (Å²) in [5.41, 5.74) is -2.30. The van der Waals surface area contributed by atoms with Crippen LogP contribution in [0.25, 0.3) is 10.8 Å². The summed E-state index contributed by atoms with van der Waals surface area (Å²) in [6.45, 7) is 5.15. The van der Waals surface area contributed by atoms with Gasteiger partial charge in [-0.3, -0.25) is 19.1 Å². The number of hydrogen-bond donors (Lipinski definition) is 3. The lowest BCUT2D eigenvalue weighted by Gasteiger charge is -2.30. The van der Waals surface area contributed by atoms with Gasteiger partial charge in [-0.2, -0.15) is 11.8 Å². The summed E-state index contributed by atoms with van der Waals surface area (Å²) in [7, 11) is -2.31. The molecule has 276 valence electrons. The van der Waals surface area contributed by atoms with Crippen molar-refractivity contribution in [3.05, 3.63) is 42.6 Å². The van der Waals surface area contributed by atoms with Gasteiger partial charge in [0, 0.05) is 29.7 Å². The number of nitrogens with zero attached hydrogens (tertiary/aromatic N) is 2. The Labute approximate surface area is 301 Å². The maximum Gasteiger partial charge on any atom is 0.408 e. The van der Waals surface area contributed by atoms with E-state index in [1.165, 1.54) is 16.7 Å². The average Bonchev–Trinajstić information content (AvgIpc) is 3.99. The van der Waals surface area contributed by atoms with E-state index in [9.17, 15) is 27.6 Å². The molecular weight excluding hydrogens is 699 g/mol. The fourth-order valence-corrected chi connectivity index (χ4v) is 8.80. The third kappa shape index (κ3) is 8.54. The predicted octanol–water partition coefficient (Wildman–Crippen LogP) is 3.05. The van der Waals surface area contributed by atoms with Gasteiger partial charge in [0.15, 0.2) is 0 Å². The van der Waals surface area contributed by atoms with Crippen molar-refractivity contribution in [2.24, 2.45) is 5.92 Å². The molecule has 0 spiro atoms. The van der Waals surface area contributed by atoms with Crippen molar-refractivity contribution >= 4 is 56.4 Å². The molecule has 2 saturated carbocycles. The Morgan fingerprint density at radius 3 is 2.67 bits per heavy atom. The SMILES string of the molecule is COc1ccc2c(OC3C[C@H]4C(=O)N[C@]5(C(=O)NS(=O)(=O)C6CC6)C[C@H]5/C=C\CCCSC[C@H](NC(=O)OC(C)(C)C)C(=O)N4C3)nccc2c1. The van der Waals surface area contributed by atoms with Crippen molar-refractivity contribution < 1.29 is 41.8 Å². The van der Waals surface area contributed by atoms with Gasteiger partial charge in [-0.15, -0.1) is 0 Å². The molecule has 1 aromatic carbocycles. The number of hydrogen-bond acceptors (Lipinski definition) is 11. The molecule has 1 saturated heterocycles. The molecule has 2 aliphatic carbocycles. The number of amides is 4. The number of pyridine rings is 1. The zero-order valence-electron chi connectivity index (χ0n) is 29.2. The molecule has 0 bridgehead atoms. The van der Waals surface area contributed by atoms with Crippen molar-refractivity contribution in [1.82, 2.24) is 25.2 Å². The number of rotatable bonds is 7. The molecular formula is C35H45N5O9S2. The van der Waals surface area contributed by atoms with Gasteiger partial charge in [0.1, 0.15) is 35.1 Å². The number of benzene rings is 1. The van der Waals surface area contributed by atoms with Crippen LogP contribution in [0.2, 0.25) is 0 Å².